The summed E-state index contributed by atoms with van der Waals surface area (Å²) in [7, 11) is 0. The zero-order valence-electron chi connectivity index (χ0n) is 8.77. The third kappa shape index (κ3) is 3.43. The number of hydrogen-bond acceptors (Lipinski definition) is 1. The lowest BCUT2D eigenvalue weighted by atomic mass is 10.1. The molecule has 0 spiro atoms. The van der Waals surface area contributed by atoms with Crippen LogP contribution >= 0.6 is 23.2 Å². The van der Waals surface area contributed by atoms with Crippen LogP contribution < -0.4 is 5.32 Å². The van der Waals surface area contributed by atoms with Gasteiger partial charge in [-0.25, -0.2) is 0 Å². The summed E-state index contributed by atoms with van der Waals surface area (Å²) >= 11 is 12.0. The Hall–Kier alpha value is -0.680. The second-order valence-electron chi connectivity index (χ2n) is 3.17. The third-order valence-electron chi connectivity index (χ3n) is 2.12. The van der Waals surface area contributed by atoms with Gasteiger partial charge in [0.05, 0.1) is 16.6 Å². The van der Waals surface area contributed by atoms with E-state index in [1.807, 2.05) is 26.0 Å². The molecular weight excluding hydrogens is 229 g/mol. The summed E-state index contributed by atoms with van der Waals surface area (Å²) in [5, 5.41) is 4.45. The fourth-order valence-electron chi connectivity index (χ4n) is 1.26. The van der Waals surface area contributed by atoms with Crippen LogP contribution in [0.25, 0.3) is 0 Å². The molecule has 0 saturated heterocycles. The first-order chi connectivity index (χ1) is 7.16. The molecule has 0 saturated carbocycles. The normalized spacial score (nSPS) is 11.7. The summed E-state index contributed by atoms with van der Waals surface area (Å²) in [4.78, 5) is 0. The number of rotatable bonds is 3. The quantitative estimate of drug-likeness (QED) is 0.797. The predicted octanol–water partition coefficient (Wildman–Crippen LogP) is 3.67. The average molecular weight is 242 g/mol. The van der Waals surface area contributed by atoms with Gasteiger partial charge >= 0.3 is 0 Å². The lowest BCUT2D eigenvalue weighted by Gasteiger charge is -2.14. The van der Waals surface area contributed by atoms with Crippen molar-refractivity contribution in [1.29, 1.82) is 0 Å². The highest BCUT2D eigenvalue weighted by Gasteiger charge is 2.10. The smallest absolute Gasteiger partial charge is 0.0639 e. The van der Waals surface area contributed by atoms with E-state index in [9.17, 15) is 0 Å². The summed E-state index contributed by atoms with van der Waals surface area (Å²) in [6.45, 7) is 4.51. The summed E-state index contributed by atoms with van der Waals surface area (Å²) in [5.74, 6) is 5.77. The van der Waals surface area contributed by atoms with Gasteiger partial charge in [-0.2, -0.15) is 0 Å². The van der Waals surface area contributed by atoms with Crippen LogP contribution in [0, 0.1) is 11.8 Å². The second kappa shape index (κ2) is 6.02. The molecule has 15 heavy (non-hydrogen) atoms. The van der Waals surface area contributed by atoms with Gasteiger partial charge in [0.1, 0.15) is 0 Å². The van der Waals surface area contributed by atoms with Crippen LogP contribution in [0.15, 0.2) is 18.2 Å². The molecule has 1 N–H and O–H groups in total. The molecule has 3 heteroatoms. The average Bonchev–Trinajstić information content (AvgIpc) is 2.22. The van der Waals surface area contributed by atoms with Gasteiger partial charge in [0.15, 0.2) is 0 Å². The zero-order valence-corrected chi connectivity index (χ0v) is 10.3. The Labute approximate surface area is 101 Å². The standard InChI is InChI=1S/C12H13Cl2N/c1-3-4-8-15-9(2)10-6-5-7-11(13)12(10)14/h5-7,9,15H,8H2,1-2H3. The van der Waals surface area contributed by atoms with E-state index in [2.05, 4.69) is 17.2 Å². The third-order valence-corrected chi connectivity index (χ3v) is 2.95. The second-order valence-corrected chi connectivity index (χ2v) is 3.96. The highest BCUT2D eigenvalue weighted by molar-refractivity contribution is 6.42. The summed E-state index contributed by atoms with van der Waals surface area (Å²) in [6.07, 6.45) is 0. The fourth-order valence-corrected chi connectivity index (χ4v) is 1.73. The van der Waals surface area contributed by atoms with Crippen LogP contribution in [-0.2, 0) is 0 Å². The molecular formula is C12H13Cl2N. The van der Waals surface area contributed by atoms with Crippen LogP contribution in [0.5, 0.6) is 0 Å². The molecule has 80 valence electrons. The van der Waals surface area contributed by atoms with Gasteiger partial charge < -0.3 is 0 Å². The molecule has 0 radical (unpaired) electrons. The Morgan fingerprint density at radius 1 is 1.40 bits per heavy atom. The number of hydrogen-bond donors (Lipinski definition) is 1. The van der Waals surface area contributed by atoms with Gasteiger partial charge in [-0.15, -0.1) is 5.92 Å². The monoisotopic (exact) mass is 241 g/mol. The van der Waals surface area contributed by atoms with Gasteiger partial charge in [-0.05, 0) is 25.5 Å². The molecule has 1 unspecified atom stereocenters. The van der Waals surface area contributed by atoms with Gasteiger partial charge in [0.2, 0.25) is 0 Å². The highest BCUT2D eigenvalue weighted by atomic mass is 35.5. The van der Waals surface area contributed by atoms with Crippen molar-refractivity contribution in [2.45, 2.75) is 19.9 Å². The van der Waals surface area contributed by atoms with Crippen molar-refractivity contribution in [3.8, 4) is 11.8 Å². The van der Waals surface area contributed by atoms with Crippen molar-refractivity contribution >= 4 is 23.2 Å². The minimum absolute atomic E-state index is 0.150. The zero-order chi connectivity index (χ0) is 11.3. The van der Waals surface area contributed by atoms with E-state index in [1.165, 1.54) is 0 Å². The van der Waals surface area contributed by atoms with Crippen molar-refractivity contribution in [3.05, 3.63) is 33.8 Å². The van der Waals surface area contributed by atoms with Gasteiger partial charge in [0.25, 0.3) is 0 Å². The molecule has 0 aliphatic heterocycles. The maximum atomic E-state index is 6.09. The molecule has 0 heterocycles. The molecule has 0 aromatic heterocycles. The molecule has 0 bridgehead atoms. The number of benzene rings is 1. The molecule has 1 aromatic carbocycles. The van der Waals surface area contributed by atoms with E-state index in [4.69, 9.17) is 23.2 Å². The Balaban J connectivity index is 2.76. The first-order valence-electron chi connectivity index (χ1n) is 4.73. The molecule has 0 amide bonds. The molecule has 1 rings (SSSR count). The Bertz CT molecular complexity index is 390. The Kier molecular flexibility index (Phi) is 4.98. The molecule has 0 aliphatic rings. The summed E-state index contributed by atoms with van der Waals surface area (Å²) in [5.41, 5.74) is 1.00. The van der Waals surface area contributed by atoms with Crippen molar-refractivity contribution in [2.24, 2.45) is 0 Å². The number of nitrogens with one attached hydrogen (secondary N) is 1. The van der Waals surface area contributed by atoms with Crippen LogP contribution in [0.4, 0.5) is 0 Å². The molecule has 1 aromatic rings. The van der Waals surface area contributed by atoms with E-state index < -0.39 is 0 Å². The maximum Gasteiger partial charge on any atom is 0.0639 e. The van der Waals surface area contributed by atoms with Crippen molar-refractivity contribution < 1.29 is 0 Å². The summed E-state index contributed by atoms with van der Waals surface area (Å²) < 4.78 is 0. The SMILES string of the molecule is CC#CCNC(C)c1cccc(Cl)c1Cl. The summed E-state index contributed by atoms with van der Waals surface area (Å²) in [6, 6.07) is 5.79. The van der Waals surface area contributed by atoms with E-state index in [1.54, 1.807) is 6.07 Å². The van der Waals surface area contributed by atoms with Crippen molar-refractivity contribution in [1.82, 2.24) is 5.32 Å². The minimum atomic E-state index is 0.150. The molecule has 1 atom stereocenters. The van der Waals surface area contributed by atoms with Crippen LogP contribution in [0.1, 0.15) is 25.5 Å². The van der Waals surface area contributed by atoms with Crippen LogP contribution in [0.2, 0.25) is 10.0 Å². The van der Waals surface area contributed by atoms with Gasteiger partial charge in [0, 0.05) is 6.04 Å². The minimum Gasteiger partial charge on any atom is -0.300 e. The van der Waals surface area contributed by atoms with E-state index in [0.717, 1.165) is 5.56 Å². The maximum absolute atomic E-state index is 6.09. The van der Waals surface area contributed by atoms with Gasteiger partial charge in [-0.1, -0.05) is 41.3 Å². The molecule has 0 fully saturated rings. The van der Waals surface area contributed by atoms with E-state index in [0.29, 0.717) is 16.6 Å². The lowest BCUT2D eigenvalue weighted by molar-refractivity contribution is 0.623. The number of halogens is 2. The van der Waals surface area contributed by atoms with Crippen LogP contribution in [0.3, 0.4) is 0 Å². The largest absolute Gasteiger partial charge is 0.300 e. The van der Waals surface area contributed by atoms with Crippen LogP contribution in [-0.4, -0.2) is 6.54 Å². The van der Waals surface area contributed by atoms with E-state index >= 15 is 0 Å². The highest BCUT2D eigenvalue weighted by Crippen LogP contribution is 2.29. The lowest BCUT2D eigenvalue weighted by Crippen LogP contribution is -2.19. The fraction of sp³-hybridized carbons (Fsp3) is 0.333. The Morgan fingerprint density at radius 3 is 2.80 bits per heavy atom. The predicted molar refractivity (Wildman–Crippen MR) is 66.3 cm³/mol. The van der Waals surface area contributed by atoms with Crippen molar-refractivity contribution in [3.63, 3.8) is 0 Å². The first kappa shape index (κ1) is 12.4. The van der Waals surface area contributed by atoms with Gasteiger partial charge in [-0.3, -0.25) is 5.32 Å². The molecule has 1 nitrogen and oxygen atoms in total. The van der Waals surface area contributed by atoms with E-state index in [-0.39, 0.29) is 6.04 Å². The topological polar surface area (TPSA) is 12.0 Å². The Morgan fingerprint density at radius 2 is 2.13 bits per heavy atom. The molecule has 0 aliphatic carbocycles. The van der Waals surface area contributed by atoms with Crippen molar-refractivity contribution in [2.75, 3.05) is 6.54 Å². The first-order valence-corrected chi connectivity index (χ1v) is 5.49.